The Balaban J connectivity index is 2.34. The number of hydrogen-bond acceptors (Lipinski definition) is 5. The smallest absolute Gasteiger partial charge is 0.292 e. The highest BCUT2D eigenvalue weighted by Crippen LogP contribution is 2.27. The number of amides is 1. The molecule has 1 atom stereocenters. The molecule has 3 N–H and O–H groups in total. The van der Waals surface area contributed by atoms with Crippen LogP contribution in [0.15, 0.2) is 18.2 Å². The van der Waals surface area contributed by atoms with Gasteiger partial charge in [0.1, 0.15) is 5.69 Å². The first-order valence-corrected chi connectivity index (χ1v) is 7.01. The van der Waals surface area contributed by atoms with Gasteiger partial charge in [-0.25, -0.2) is 0 Å². The van der Waals surface area contributed by atoms with E-state index in [2.05, 4.69) is 0 Å². The first kappa shape index (κ1) is 15.2. The molecule has 7 heteroatoms. The number of nitrogens with two attached hydrogens (primary N) is 1. The summed E-state index contributed by atoms with van der Waals surface area (Å²) in [7, 11) is 0. The van der Waals surface area contributed by atoms with Gasteiger partial charge in [0.15, 0.2) is 0 Å². The lowest BCUT2D eigenvalue weighted by Crippen LogP contribution is -2.42. The third-order valence-corrected chi connectivity index (χ3v) is 3.86. The summed E-state index contributed by atoms with van der Waals surface area (Å²) in [5.74, 6) is -0.350. The number of aliphatic hydroxyl groups excluding tert-OH is 1. The molecule has 0 radical (unpaired) electrons. The van der Waals surface area contributed by atoms with Crippen molar-refractivity contribution in [3.63, 3.8) is 0 Å². The minimum atomic E-state index is -0.599. The molecule has 0 aromatic heterocycles. The zero-order valence-electron chi connectivity index (χ0n) is 11.7. The Morgan fingerprint density at radius 2 is 2.19 bits per heavy atom. The van der Waals surface area contributed by atoms with Gasteiger partial charge >= 0.3 is 0 Å². The summed E-state index contributed by atoms with van der Waals surface area (Å²) in [6, 6.07) is 3.97. The fraction of sp³-hybridized carbons (Fsp3) is 0.500. The van der Waals surface area contributed by atoms with Gasteiger partial charge in [0.2, 0.25) is 0 Å². The highest BCUT2D eigenvalue weighted by molar-refractivity contribution is 6.01. The van der Waals surface area contributed by atoms with E-state index in [0.29, 0.717) is 6.54 Å². The van der Waals surface area contributed by atoms with Crippen molar-refractivity contribution in [2.24, 2.45) is 0 Å². The largest absolute Gasteiger partial charge is 0.394 e. The number of hydrogen-bond donors (Lipinski definition) is 2. The molecule has 21 heavy (non-hydrogen) atoms. The topological polar surface area (TPSA) is 110 Å². The quantitative estimate of drug-likeness (QED) is 0.499. The fourth-order valence-corrected chi connectivity index (χ4v) is 2.69. The van der Waals surface area contributed by atoms with Gasteiger partial charge in [-0.15, -0.1) is 0 Å². The van der Waals surface area contributed by atoms with Crippen molar-refractivity contribution >= 4 is 17.3 Å². The average molecular weight is 293 g/mol. The van der Waals surface area contributed by atoms with Crippen molar-refractivity contribution in [2.75, 3.05) is 18.9 Å². The number of nitro groups is 1. The van der Waals surface area contributed by atoms with Crippen molar-refractivity contribution in [2.45, 2.75) is 31.7 Å². The lowest BCUT2D eigenvalue weighted by atomic mass is 10.1. The van der Waals surface area contributed by atoms with E-state index in [4.69, 9.17) is 5.73 Å². The number of benzene rings is 1. The van der Waals surface area contributed by atoms with Crippen LogP contribution in [0.25, 0.3) is 0 Å². The second kappa shape index (κ2) is 6.53. The van der Waals surface area contributed by atoms with Crippen molar-refractivity contribution in [1.82, 2.24) is 4.90 Å². The molecule has 1 aliphatic rings. The van der Waals surface area contributed by atoms with Crippen LogP contribution < -0.4 is 5.73 Å². The van der Waals surface area contributed by atoms with Crippen LogP contribution in [0.3, 0.4) is 0 Å². The third-order valence-electron chi connectivity index (χ3n) is 3.86. The Morgan fingerprint density at radius 1 is 1.43 bits per heavy atom. The van der Waals surface area contributed by atoms with E-state index in [1.165, 1.54) is 18.2 Å². The number of rotatable bonds is 3. The van der Waals surface area contributed by atoms with Crippen LogP contribution in [0.2, 0.25) is 0 Å². The molecule has 2 rings (SSSR count). The summed E-state index contributed by atoms with van der Waals surface area (Å²) >= 11 is 0. The first-order chi connectivity index (χ1) is 10.1. The SMILES string of the molecule is Nc1c(C(=O)N2CCCCCC2CO)cccc1[N+](=O)[O-]. The molecule has 1 aromatic rings. The van der Waals surface area contributed by atoms with Crippen LogP contribution >= 0.6 is 0 Å². The Labute approximate surface area is 122 Å². The molecule has 1 amide bonds. The molecule has 1 saturated heterocycles. The van der Waals surface area contributed by atoms with Crippen LogP contribution in [0.4, 0.5) is 11.4 Å². The third kappa shape index (κ3) is 3.13. The maximum absolute atomic E-state index is 12.6. The Bertz CT molecular complexity index is 547. The van der Waals surface area contributed by atoms with E-state index in [1.807, 2.05) is 0 Å². The first-order valence-electron chi connectivity index (χ1n) is 7.01. The molecule has 0 aliphatic carbocycles. The van der Waals surface area contributed by atoms with Crippen molar-refractivity contribution in [3.05, 3.63) is 33.9 Å². The van der Waals surface area contributed by atoms with Crippen molar-refractivity contribution in [3.8, 4) is 0 Å². The second-order valence-corrected chi connectivity index (χ2v) is 5.18. The van der Waals surface area contributed by atoms with Gasteiger partial charge in [-0.1, -0.05) is 18.9 Å². The number of para-hydroxylation sites is 1. The maximum atomic E-state index is 12.6. The lowest BCUT2D eigenvalue weighted by molar-refractivity contribution is -0.383. The van der Waals surface area contributed by atoms with Crippen LogP contribution in [0.1, 0.15) is 36.0 Å². The van der Waals surface area contributed by atoms with Gasteiger partial charge in [-0.3, -0.25) is 14.9 Å². The predicted octanol–water partition coefficient (Wildman–Crippen LogP) is 1.55. The van der Waals surface area contributed by atoms with Gasteiger partial charge in [0.25, 0.3) is 11.6 Å². The minimum absolute atomic E-state index is 0.111. The summed E-state index contributed by atoms with van der Waals surface area (Å²) in [5.41, 5.74) is 5.51. The Morgan fingerprint density at radius 3 is 2.86 bits per heavy atom. The highest BCUT2D eigenvalue weighted by Gasteiger charge is 2.28. The summed E-state index contributed by atoms with van der Waals surface area (Å²) in [6.07, 6.45) is 3.55. The number of aliphatic hydroxyl groups is 1. The number of anilines is 1. The molecule has 0 bridgehead atoms. The van der Waals surface area contributed by atoms with E-state index in [-0.39, 0.29) is 35.5 Å². The highest BCUT2D eigenvalue weighted by atomic mass is 16.6. The molecule has 1 aromatic carbocycles. The molecule has 1 heterocycles. The van der Waals surface area contributed by atoms with E-state index >= 15 is 0 Å². The molecule has 0 saturated carbocycles. The molecular weight excluding hydrogens is 274 g/mol. The normalized spacial score (nSPS) is 19.1. The van der Waals surface area contributed by atoms with E-state index < -0.39 is 4.92 Å². The maximum Gasteiger partial charge on any atom is 0.292 e. The van der Waals surface area contributed by atoms with E-state index in [1.54, 1.807) is 4.90 Å². The number of carbonyl (C=O) groups is 1. The molecule has 114 valence electrons. The number of carbonyl (C=O) groups excluding carboxylic acids is 1. The predicted molar refractivity (Wildman–Crippen MR) is 77.9 cm³/mol. The zero-order chi connectivity index (χ0) is 15.4. The van der Waals surface area contributed by atoms with Gasteiger partial charge in [0.05, 0.1) is 23.1 Å². The van der Waals surface area contributed by atoms with Gasteiger partial charge in [0, 0.05) is 12.6 Å². The van der Waals surface area contributed by atoms with Crippen LogP contribution in [-0.4, -0.2) is 40.0 Å². The minimum Gasteiger partial charge on any atom is -0.394 e. The second-order valence-electron chi connectivity index (χ2n) is 5.18. The molecule has 1 unspecified atom stereocenters. The Kier molecular flexibility index (Phi) is 4.74. The molecule has 1 fully saturated rings. The fourth-order valence-electron chi connectivity index (χ4n) is 2.69. The number of nitro benzene ring substituents is 1. The van der Waals surface area contributed by atoms with Gasteiger partial charge < -0.3 is 15.7 Å². The monoisotopic (exact) mass is 293 g/mol. The standard InChI is InChI=1S/C14H19N3O4/c15-13-11(6-4-7-12(13)17(20)21)14(19)16-8-3-1-2-5-10(16)9-18/h4,6-7,10,18H,1-3,5,8-9,15H2. The van der Waals surface area contributed by atoms with Crippen molar-refractivity contribution in [1.29, 1.82) is 0 Å². The average Bonchev–Trinajstić information content (AvgIpc) is 2.71. The summed E-state index contributed by atoms with van der Waals surface area (Å²) in [5, 5.41) is 20.4. The zero-order valence-corrected chi connectivity index (χ0v) is 11.7. The van der Waals surface area contributed by atoms with Crippen LogP contribution in [0.5, 0.6) is 0 Å². The van der Waals surface area contributed by atoms with Gasteiger partial charge in [-0.05, 0) is 18.9 Å². The van der Waals surface area contributed by atoms with E-state index in [0.717, 1.165) is 25.7 Å². The van der Waals surface area contributed by atoms with Crippen molar-refractivity contribution < 1.29 is 14.8 Å². The molecule has 7 nitrogen and oxygen atoms in total. The number of nitrogen functional groups attached to an aromatic ring is 1. The number of nitrogens with zero attached hydrogens (tertiary/aromatic N) is 2. The molecule has 0 spiro atoms. The van der Waals surface area contributed by atoms with Crippen LogP contribution in [0, 0.1) is 10.1 Å². The summed E-state index contributed by atoms with van der Waals surface area (Å²) < 4.78 is 0. The molecular formula is C14H19N3O4. The summed E-state index contributed by atoms with van der Waals surface area (Å²) in [4.78, 5) is 24.5. The molecule has 1 aliphatic heterocycles. The summed E-state index contributed by atoms with van der Waals surface area (Å²) in [6.45, 7) is 0.423. The van der Waals surface area contributed by atoms with Crippen LogP contribution in [-0.2, 0) is 0 Å². The van der Waals surface area contributed by atoms with Gasteiger partial charge in [-0.2, -0.15) is 0 Å². The number of likely N-dealkylation sites (tertiary alicyclic amines) is 1. The lowest BCUT2D eigenvalue weighted by Gasteiger charge is -2.29. The Hall–Kier alpha value is -2.15. The van der Waals surface area contributed by atoms with E-state index in [9.17, 15) is 20.0 Å².